The Balaban J connectivity index is 1.99. The number of allylic oxidation sites excluding steroid dienone is 6. The fourth-order valence-electron chi connectivity index (χ4n) is 2.47. The Hall–Kier alpha value is -1.51. The van der Waals surface area contributed by atoms with Crippen molar-refractivity contribution < 1.29 is 14.6 Å². The molecule has 0 aromatic rings. The average Bonchev–Trinajstić information content (AvgIpc) is 2.88. The maximum absolute atomic E-state index is 11.1. The predicted octanol–water partition coefficient (Wildman–Crippen LogP) is 5.00. The van der Waals surface area contributed by atoms with Crippen LogP contribution in [-0.4, -0.2) is 17.7 Å². The van der Waals surface area contributed by atoms with Gasteiger partial charge in [0.25, 0.3) is 0 Å². The first kappa shape index (κ1) is 17.5. The molecule has 0 saturated heterocycles. The topological polar surface area (TPSA) is 46.5 Å². The monoisotopic (exact) mass is 292 g/mol. The number of hydrogen-bond acceptors (Lipinski definition) is 3. The van der Waals surface area contributed by atoms with Gasteiger partial charge < -0.3 is 9.84 Å². The van der Waals surface area contributed by atoms with Gasteiger partial charge in [-0.15, -0.1) is 0 Å². The summed E-state index contributed by atoms with van der Waals surface area (Å²) in [6, 6.07) is 0. The third-order valence-corrected chi connectivity index (χ3v) is 3.69. The van der Waals surface area contributed by atoms with Crippen molar-refractivity contribution in [3.8, 4) is 0 Å². The van der Waals surface area contributed by atoms with Crippen molar-refractivity contribution in [2.24, 2.45) is 0 Å². The van der Waals surface area contributed by atoms with Gasteiger partial charge in [0.2, 0.25) is 0 Å². The molecule has 0 fully saturated rings. The zero-order valence-corrected chi connectivity index (χ0v) is 13.4. The van der Waals surface area contributed by atoms with Crippen LogP contribution in [0.4, 0.5) is 0 Å². The van der Waals surface area contributed by atoms with Crippen molar-refractivity contribution in [3.63, 3.8) is 0 Å². The summed E-state index contributed by atoms with van der Waals surface area (Å²) >= 11 is 0. The van der Waals surface area contributed by atoms with E-state index in [1.807, 2.05) is 32.1 Å². The number of hydrogen-bond donors (Lipinski definition) is 1. The van der Waals surface area contributed by atoms with Gasteiger partial charge in [0.1, 0.15) is 0 Å². The standard InChI is InChI=1S/C18H28O3/c1-3-21-18(20)14-9-7-5-4-6-8-13-17(19)16-12-10-11-15(16)2/h10-12,19H,3-9,13-14H2,1-2H3. The molecule has 1 aliphatic rings. The SMILES string of the molecule is CCOC(=O)CCCCCCCCC(O)=C1C=CC=C1C. The molecule has 1 N–H and O–H groups in total. The van der Waals surface area contributed by atoms with Gasteiger partial charge in [0.05, 0.1) is 12.4 Å². The Morgan fingerprint density at radius 3 is 2.29 bits per heavy atom. The zero-order chi connectivity index (χ0) is 15.5. The molecule has 0 saturated carbocycles. The molecule has 0 heterocycles. The molecule has 0 atom stereocenters. The summed E-state index contributed by atoms with van der Waals surface area (Å²) < 4.78 is 4.89. The highest BCUT2D eigenvalue weighted by Crippen LogP contribution is 2.23. The van der Waals surface area contributed by atoms with Crippen LogP contribution in [0.15, 0.2) is 35.1 Å². The van der Waals surface area contributed by atoms with Crippen LogP contribution >= 0.6 is 0 Å². The van der Waals surface area contributed by atoms with Crippen molar-refractivity contribution in [2.75, 3.05) is 6.61 Å². The van der Waals surface area contributed by atoms with E-state index in [4.69, 9.17) is 4.74 Å². The molecule has 0 aromatic heterocycles. The zero-order valence-electron chi connectivity index (χ0n) is 13.4. The van der Waals surface area contributed by atoms with Crippen molar-refractivity contribution in [1.82, 2.24) is 0 Å². The molecule has 118 valence electrons. The van der Waals surface area contributed by atoms with E-state index in [1.54, 1.807) is 0 Å². The summed E-state index contributed by atoms with van der Waals surface area (Å²) in [5.74, 6) is 0.432. The number of carbonyl (C=O) groups excluding carboxylic acids is 1. The second kappa shape index (κ2) is 10.3. The Kier molecular flexibility index (Phi) is 8.56. The molecule has 21 heavy (non-hydrogen) atoms. The average molecular weight is 292 g/mol. The Labute approximate surface area is 128 Å². The third-order valence-electron chi connectivity index (χ3n) is 3.69. The van der Waals surface area contributed by atoms with E-state index in [1.165, 1.54) is 0 Å². The Bertz CT molecular complexity index is 416. The number of aliphatic hydroxyl groups is 1. The van der Waals surface area contributed by atoms with Crippen LogP contribution in [-0.2, 0) is 9.53 Å². The van der Waals surface area contributed by atoms with Crippen molar-refractivity contribution in [3.05, 3.63) is 35.1 Å². The quantitative estimate of drug-likeness (QED) is 0.350. The van der Waals surface area contributed by atoms with Crippen LogP contribution in [0.5, 0.6) is 0 Å². The molecular formula is C18H28O3. The van der Waals surface area contributed by atoms with Gasteiger partial charge in [-0.3, -0.25) is 4.79 Å². The molecule has 0 amide bonds. The summed E-state index contributed by atoms with van der Waals surface area (Å²) in [6.07, 6.45) is 13.7. The van der Waals surface area contributed by atoms with E-state index < -0.39 is 0 Å². The highest BCUT2D eigenvalue weighted by molar-refractivity contribution is 5.69. The number of rotatable bonds is 10. The molecular weight excluding hydrogens is 264 g/mol. The van der Waals surface area contributed by atoms with Gasteiger partial charge >= 0.3 is 5.97 Å². The highest BCUT2D eigenvalue weighted by atomic mass is 16.5. The van der Waals surface area contributed by atoms with Gasteiger partial charge in [-0.2, -0.15) is 0 Å². The molecule has 0 unspecified atom stereocenters. The minimum absolute atomic E-state index is 0.0814. The summed E-state index contributed by atoms with van der Waals surface area (Å²) in [4.78, 5) is 11.1. The van der Waals surface area contributed by atoms with Crippen LogP contribution in [0.3, 0.4) is 0 Å². The van der Waals surface area contributed by atoms with Crippen molar-refractivity contribution in [1.29, 1.82) is 0 Å². The van der Waals surface area contributed by atoms with E-state index in [9.17, 15) is 9.90 Å². The highest BCUT2D eigenvalue weighted by Gasteiger charge is 2.07. The lowest BCUT2D eigenvalue weighted by atomic mass is 10.0. The van der Waals surface area contributed by atoms with E-state index in [0.717, 1.165) is 56.1 Å². The maximum atomic E-state index is 11.1. The van der Waals surface area contributed by atoms with Crippen molar-refractivity contribution >= 4 is 5.97 Å². The number of aliphatic hydroxyl groups excluding tert-OH is 1. The molecule has 0 bridgehead atoms. The lowest BCUT2D eigenvalue weighted by Gasteiger charge is -2.05. The van der Waals surface area contributed by atoms with Gasteiger partial charge in [-0.05, 0) is 32.3 Å². The first-order valence-corrected chi connectivity index (χ1v) is 8.08. The van der Waals surface area contributed by atoms with Gasteiger partial charge in [0.15, 0.2) is 0 Å². The summed E-state index contributed by atoms with van der Waals surface area (Å²) in [5, 5.41) is 10.0. The minimum Gasteiger partial charge on any atom is -0.512 e. The number of unbranched alkanes of at least 4 members (excludes halogenated alkanes) is 5. The summed E-state index contributed by atoms with van der Waals surface area (Å²) in [6.45, 7) is 4.33. The van der Waals surface area contributed by atoms with Crippen LogP contribution in [0, 0.1) is 0 Å². The van der Waals surface area contributed by atoms with Crippen molar-refractivity contribution in [2.45, 2.75) is 65.2 Å². The Morgan fingerprint density at radius 1 is 1.10 bits per heavy atom. The smallest absolute Gasteiger partial charge is 0.305 e. The lowest BCUT2D eigenvalue weighted by Crippen LogP contribution is -2.03. The molecule has 3 heteroatoms. The molecule has 3 nitrogen and oxygen atoms in total. The van der Waals surface area contributed by atoms with Crippen LogP contribution in [0.2, 0.25) is 0 Å². The van der Waals surface area contributed by atoms with Crippen LogP contribution < -0.4 is 0 Å². The van der Waals surface area contributed by atoms with Gasteiger partial charge in [-0.1, -0.05) is 43.9 Å². The molecule has 1 aliphatic carbocycles. The van der Waals surface area contributed by atoms with Gasteiger partial charge in [0, 0.05) is 18.4 Å². The van der Waals surface area contributed by atoms with Crippen LogP contribution in [0.1, 0.15) is 65.2 Å². The Morgan fingerprint density at radius 2 is 1.71 bits per heavy atom. The van der Waals surface area contributed by atoms with E-state index in [-0.39, 0.29) is 5.97 Å². The first-order chi connectivity index (χ1) is 10.1. The fourth-order valence-corrected chi connectivity index (χ4v) is 2.47. The maximum Gasteiger partial charge on any atom is 0.305 e. The van der Waals surface area contributed by atoms with Gasteiger partial charge in [-0.25, -0.2) is 0 Å². The first-order valence-electron chi connectivity index (χ1n) is 8.08. The third kappa shape index (κ3) is 7.16. The van der Waals surface area contributed by atoms with E-state index in [2.05, 4.69) is 0 Å². The predicted molar refractivity (Wildman–Crippen MR) is 86.1 cm³/mol. The summed E-state index contributed by atoms with van der Waals surface area (Å²) in [7, 11) is 0. The molecule has 0 aliphatic heterocycles. The normalized spacial score (nSPS) is 16.0. The van der Waals surface area contributed by atoms with E-state index in [0.29, 0.717) is 18.8 Å². The summed E-state index contributed by atoms with van der Waals surface area (Å²) in [5.41, 5.74) is 2.14. The second-order valence-electron chi connectivity index (χ2n) is 5.50. The lowest BCUT2D eigenvalue weighted by molar-refractivity contribution is -0.143. The number of esters is 1. The number of ether oxygens (including phenoxy) is 1. The number of carbonyl (C=O) groups is 1. The van der Waals surface area contributed by atoms with Crippen LogP contribution in [0.25, 0.3) is 0 Å². The fraction of sp³-hybridized carbons (Fsp3) is 0.611. The largest absolute Gasteiger partial charge is 0.512 e. The molecule has 1 rings (SSSR count). The molecule has 0 aromatic carbocycles. The second-order valence-corrected chi connectivity index (χ2v) is 5.50. The van der Waals surface area contributed by atoms with E-state index >= 15 is 0 Å². The minimum atomic E-state index is -0.0814. The molecule has 0 radical (unpaired) electrons. The molecule has 0 spiro atoms.